The van der Waals surface area contributed by atoms with E-state index in [0.29, 0.717) is 41.4 Å². The third-order valence-corrected chi connectivity index (χ3v) is 4.18. The second-order valence-electron chi connectivity index (χ2n) is 5.33. The van der Waals surface area contributed by atoms with Crippen molar-refractivity contribution < 1.29 is 19.1 Å². The van der Waals surface area contributed by atoms with Crippen molar-refractivity contribution >= 4 is 29.6 Å². The highest BCUT2D eigenvalue weighted by Gasteiger charge is 2.36. The SMILES string of the molecule is COCCCN1C(=O)C(=Cc2ccccc2Cl)C(C(=O)OC)=C1C. The number of carbonyl (C=O) groups excluding carboxylic acids is 2. The summed E-state index contributed by atoms with van der Waals surface area (Å²) in [6.45, 7) is 2.75. The number of nitrogens with zero attached hydrogens (tertiary/aromatic N) is 1. The zero-order valence-corrected chi connectivity index (χ0v) is 14.7. The van der Waals surface area contributed by atoms with Gasteiger partial charge in [-0.25, -0.2) is 4.79 Å². The van der Waals surface area contributed by atoms with Gasteiger partial charge in [0.2, 0.25) is 0 Å². The van der Waals surface area contributed by atoms with Gasteiger partial charge in [0.25, 0.3) is 5.91 Å². The average Bonchev–Trinajstić information content (AvgIpc) is 2.80. The van der Waals surface area contributed by atoms with Crippen molar-refractivity contribution in [2.45, 2.75) is 13.3 Å². The number of halogens is 1. The molecule has 1 amide bonds. The number of hydrogen-bond donors (Lipinski definition) is 0. The third kappa shape index (κ3) is 3.68. The van der Waals surface area contributed by atoms with Crippen molar-refractivity contribution in [1.82, 2.24) is 4.90 Å². The molecule has 5 nitrogen and oxygen atoms in total. The van der Waals surface area contributed by atoms with Gasteiger partial charge in [-0.1, -0.05) is 29.8 Å². The Balaban J connectivity index is 2.44. The summed E-state index contributed by atoms with van der Waals surface area (Å²) in [7, 11) is 2.91. The first-order valence-corrected chi connectivity index (χ1v) is 7.95. The molecule has 0 aliphatic carbocycles. The van der Waals surface area contributed by atoms with Crippen LogP contribution in [0.5, 0.6) is 0 Å². The predicted molar refractivity (Wildman–Crippen MR) is 92.4 cm³/mol. The van der Waals surface area contributed by atoms with Crippen LogP contribution in [0.4, 0.5) is 0 Å². The van der Waals surface area contributed by atoms with Gasteiger partial charge < -0.3 is 14.4 Å². The summed E-state index contributed by atoms with van der Waals surface area (Å²) in [5.41, 5.74) is 1.83. The lowest BCUT2D eigenvalue weighted by atomic mass is 10.0. The molecule has 2 rings (SSSR count). The van der Waals surface area contributed by atoms with Crippen LogP contribution in [0.25, 0.3) is 6.08 Å². The first-order chi connectivity index (χ1) is 11.5. The Kier molecular flexibility index (Phi) is 6.17. The van der Waals surface area contributed by atoms with Crippen molar-refractivity contribution in [3.05, 3.63) is 51.7 Å². The third-order valence-electron chi connectivity index (χ3n) is 3.84. The monoisotopic (exact) mass is 349 g/mol. The number of methoxy groups -OCH3 is 2. The molecular weight excluding hydrogens is 330 g/mol. The fraction of sp³-hybridized carbons (Fsp3) is 0.333. The van der Waals surface area contributed by atoms with Gasteiger partial charge in [0.05, 0.1) is 18.3 Å². The van der Waals surface area contributed by atoms with E-state index in [9.17, 15) is 9.59 Å². The molecule has 6 heteroatoms. The Morgan fingerprint density at radius 1 is 1.29 bits per heavy atom. The maximum absolute atomic E-state index is 12.8. The van der Waals surface area contributed by atoms with Gasteiger partial charge in [0, 0.05) is 31.0 Å². The number of amides is 1. The number of allylic oxidation sites excluding steroid dienone is 1. The van der Waals surface area contributed by atoms with Crippen molar-refractivity contribution in [3.8, 4) is 0 Å². The Bertz CT molecular complexity index is 709. The molecule has 1 heterocycles. The minimum Gasteiger partial charge on any atom is -0.465 e. The quantitative estimate of drug-likeness (QED) is 0.450. The van der Waals surface area contributed by atoms with Crippen LogP contribution in [0.3, 0.4) is 0 Å². The maximum Gasteiger partial charge on any atom is 0.340 e. The molecule has 0 unspecified atom stereocenters. The van der Waals surface area contributed by atoms with Crippen molar-refractivity contribution in [1.29, 1.82) is 0 Å². The number of carbonyl (C=O) groups is 2. The Morgan fingerprint density at radius 2 is 2.00 bits per heavy atom. The summed E-state index contributed by atoms with van der Waals surface area (Å²) in [6.07, 6.45) is 2.31. The van der Waals surface area contributed by atoms with Crippen LogP contribution < -0.4 is 0 Å². The van der Waals surface area contributed by atoms with Crippen LogP contribution in [0.15, 0.2) is 41.1 Å². The fourth-order valence-corrected chi connectivity index (χ4v) is 2.80. The molecule has 0 spiro atoms. The molecule has 0 aromatic heterocycles. The van der Waals surface area contributed by atoms with E-state index in [1.165, 1.54) is 7.11 Å². The highest BCUT2D eigenvalue weighted by molar-refractivity contribution is 6.32. The van der Waals surface area contributed by atoms with E-state index in [0.717, 1.165) is 0 Å². The molecule has 0 radical (unpaired) electrons. The highest BCUT2D eigenvalue weighted by Crippen LogP contribution is 2.32. The lowest BCUT2D eigenvalue weighted by molar-refractivity contribution is -0.136. The van der Waals surface area contributed by atoms with Crippen LogP contribution in [0.2, 0.25) is 5.02 Å². The van der Waals surface area contributed by atoms with E-state index >= 15 is 0 Å². The van der Waals surface area contributed by atoms with Gasteiger partial charge in [-0.05, 0) is 31.1 Å². The van der Waals surface area contributed by atoms with Crippen molar-refractivity contribution in [2.75, 3.05) is 27.4 Å². The molecule has 128 valence electrons. The molecular formula is C18H20ClNO4. The summed E-state index contributed by atoms with van der Waals surface area (Å²) in [5.74, 6) is -0.766. The molecule has 1 aromatic carbocycles. The van der Waals surface area contributed by atoms with Gasteiger partial charge in [0.1, 0.15) is 0 Å². The van der Waals surface area contributed by atoms with E-state index in [1.807, 2.05) is 6.07 Å². The van der Waals surface area contributed by atoms with Gasteiger partial charge >= 0.3 is 5.97 Å². The van der Waals surface area contributed by atoms with Crippen LogP contribution in [0.1, 0.15) is 18.9 Å². The van der Waals surface area contributed by atoms with Crippen LogP contribution in [-0.2, 0) is 19.1 Å². The molecule has 0 N–H and O–H groups in total. The smallest absolute Gasteiger partial charge is 0.340 e. The molecule has 0 saturated heterocycles. The van der Waals surface area contributed by atoms with Crippen LogP contribution >= 0.6 is 11.6 Å². The lowest BCUT2D eigenvalue weighted by Crippen LogP contribution is -2.26. The second kappa shape index (κ2) is 8.13. The topological polar surface area (TPSA) is 55.8 Å². The zero-order valence-electron chi connectivity index (χ0n) is 14.0. The summed E-state index contributed by atoms with van der Waals surface area (Å²) < 4.78 is 9.88. The van der Waals surface area contributed by atoms with Crippen molar-refractivity contribution in [2.24, 2.45) is 0 Å². The van der Waals surface area contributed by atoms with Gasteiger partial charge in [-0.15, -0.1) is 0 Å². The van der Waals surface area contributed by atoms with Crippen LogP contribution in [-0.4, -0.2) is 44.1 Å². The standard InChI is InChI=1S/C18H20ClNO4/c1-12-16(18(22)24-3)14(11-13-7-4-5-8-15(13)19)17(21)20(12)9-6-10-23-2/h4-5,7-8,11H,6,9-10H2,1-3H3. The molecule has 1 aromatic rings. The van der Waals surface area contributed by atoms with E-state index in [4.69, 9.17) is 21.1 Å². The van der Waals surface area contributed by atoms with E-state index < -0.39 is 5.97 Å². The average molecular weight is 350 g/mol. The van der Waals surface area contributed by atoms with E-state index in [1.54, 1.807) is 43.2 Å². The molecule has 1 aliphatic heterocycles. The predicted octanol–water partition coefficient (Wildman–Crippen LogP) is 3.05. The van der Waals surface area contributed by atoms with E-state index in [-0.39, 0.29) is 11.5 Å². The summed E-state index contributed by atoms with van der Waals surface area (Å²) in [6, 6.07) is 7.15. The molecule has 24 heavy (non-hydrogen) atoms. The summed E-state index contributed by atoms with van der Waals surface area (Å²) in [5, 5.41) is 0.512. The number of esters is 1. The lowest BCUT2D eigenvalue weighted by Gasteiger charge is -2.17. The summed E-state index contributed by atoms with van der Waals surface area (Å²) >= 11 is 6.17. The molecule has 1 aliphatic rings. The molecule has 0 saturated carbocycles. The van der Waals surface area contributed by atoms with Crippen molar-refractivity contribution in [3.63, 3.8) is 0 Å². The van der Waals surface area contributed by atoms with Gasteiger partial charge in [0.15, 0.2) is 0 Å². The minimum atomic E-state index is -0.534. The molecule has 0 atom stereocenters. The first kappa shape index (κ1) is 18.2. The van der Waals surface area contributed by atoms with Gasteiger partial charge in [-0.2, -0.15) is 0 Å². The minimum absolute atomic E-state index is 0.232. The largest absolute Gasteiger partial charge is 0.465 e. The number of benzene rings is 1. The number of ether oxygens (including phenoxy) is 2. The zero-order chi connectivity index (χ0) is 17.7. The number of rotatable bonds is 6. The molecule has 0 fully saturated rings. The Morgan fingerprint density at radius 3 is 2.62 bits per heavy atom. The van der Waals surface area contributed by atoms with E-state index in [2.05, 4.69) is 0 Å². The summed E-state index contributed by atoms with van der Waals surface area (Å²) in [4.78, 5) is 26.5. The Labute approximate surface area is 146 Å². The van der Waals surface area contributed by atoms with Crippen LogP contribution in [0, 0.1) is 0 Å². The first-order valence-electron chi connectivity index (χ1n) is 7.57. The maximum atomic E-state index is 12.8. The second-order valence-corrected chi connectivity index (χ2v) is 5.74. The Hall–Kier alpha value is -2.11. The molecule has 0 bridgehead atoms. The highest BCUT2D eigenvalue weighted by atomic mass is 35.5. The van der Waals surface area contributed by atoms with Gasteiger partial charge in [-0.3, -0.25) is 4.79 Å². The number of hydrogen-bond acceptors (Lipinski definition) is 4. The normalized spacial score (nSPS) is 16.2. The fourth-order valence-electron chi connectivity index (χ4n) is 2.61.